The van der Waals surface area contributed by atoms with Crippen LogP contribution in [0.15, 0.2) is 18.2 Å². The fraction of sp³-hybridized carbons (Fsp3) is 0.385. The Bertz CT molecular complexity index is 654. The largest absolute Gasteiger partial charge is 0.828 e. The Hall–Kier alpha value is -0.840. The first-order valence-electron chi connectivity index (χ1n) is 6.34. The first-order valence-corrected chi connectivity index (χ1v) is 8.50. The van der Waals surface area contributed by atoms with Gasteiger partial charge in [-0.25, -0.2) is 4.79 Å². The summed E-state index contributed by atoms with van der Waals surface area (Å²) in [4.78, 5) is 22.8. The molecule has 0 spiro atoms. The minimum atomic E-state index is -6.45. The van der Waals surface area contributed by atoms with Crippen LogP contribution < -0.4 is 5.11 Å². The van der Waals surface area contributed by atoms with Crippen LogP contribution in [0.1, 0.15) is 10.4 Å². The van der Waals surface area contributed by atoms with Crippen molar-refractivity contribution in [1.82, 2.24) is 0 Å². The van der Waals surface area contributed by atoms with Gasteiger partial charge in [-0.1, -0.05) is 0 Å². The first kappa shape index (κ1) is 23.2. The van der Waals surface area contributed by atoms with E-state index in [-0.39, 0.29) is 5.56 Å². The maximum absolute atomic E-state index is 12.4. The summed E-state index contributed by atoms with van der Waals surface area (Å²) >= 11 is 3.82. The highest BCUT2D eigenvalue weighted by atomic mass is 127. The molecule has 0 N–H and O–H groups in total. The normalized spacial score (nSPS) is 12.7. The Morgan fingerprint density at radius 2 is 1.31 bits per heavy atom. The molecule has 26 heavy (non-hydrogen) atoms. The van der Waals surface area contributed by atoms with Crippen molar-refractivity contribution in [2.24, 2.45) is 0 Å². The van der Waals surface area contributed by atoms with Gasteiger partial charge in [0.25, 0.3) is 0 Å². The van der Waals surface area contributed by atoms with Gasteiger partial charge < -0.3 is 14.6 Å². The molecule has 0 unspecified atom stereocenters. The van der Waals surface area contributed by atoms with Crippen molar-refractivity contribution in [2.45, 2.75) is 18.0 Å². The van der Waals surface area contributed by atoms with Gasteiger partial charge in [-0.3, -0.25) is 4.79 Å². The number of benzene rings is 1. The van der Waals surface area contributed by atoms with Crippen LogP contribution in [0.5, 0.6) is 0 Å². The zero-order chi connectivity index (χ0) is 20.3. The Morgan fingerprint density at radius 3 is 1.73 bits per heavy atom. The van der Waals surface area contributed by atoms with Crippen molar-refractivity contribution in [3.05, 3.63) is 30.9 Å². The molecule has 0 aromatic heterocycles. The number of rotatable bonds is 5. The molecule has 0 amide bonds. The second kappa shape index (κ2) is 8.45. The van der Waals surface area contributed by atoms with Gasteiger partial charge in [-0.15, -0.1) is 0 Å². The number of carbonyl (C=O) groups excluding carboxylic acids is 2. The van der Waals surface area contributed by atoms with Gasteiger partial charge in [-0.2, -0.15) is 26.3 Å². The molecule has 0 aliphatic heterocycles. The lowest BCUT2D eigenvalue weighted by molar-refractivity contribution is -0.574. The summed E-state index contributed by atoms with van der Waals surface area (Å²) < 4.78 is 83.9. The van der Waals surface area contributed by atoms with Crippen LogP contribution in [0.4, 0.5) is 26.3 Å². The topological polar surface area (TPSA) is 75.7 Å². The molecule has 13 heteroatoms. The number of halogens is 8. The summed E-state index contributed by atoms with van der Waals surface area (Å²) in [7, 11) is 0. The molecular weight excluding hydrogens is 604 g/mol. The molecule has 0 aliphatic carbocycles. The lowest BCUT2D eigenvalue weighted by Crippen LogP contribution is -2.71. The Morgan fingerprint density at radius 1 is 0.885 bits per heavy atom. The summed E-state index contributed by atoms with van der Waals surface area (Å²) in [6.45, 7) is -1.99. The van der Waals surface area contributed by atoms with Crippen LogP contribution in [0.25, 0.3) is 0 Å². The average molecular weight is 611 g/mol. The van der Waals surface area contributed by atoms with Crippen molar-refractivity contribution in [3.8, 4) is 0 Å². The second-order valence-electron chi connectivity index (χ2n) is 4.61. The average Bonchev–Trinajstić information content (AvgIpc) is 2.46. The highest BCUT2D eigenvalue weighted by Gasteiger charge is 2.68. The number of carbonyl (C=O) groups is 2. The van der Waals surface area contributed by atoms with Crippen LogP contribution in [0.2, 0.25) is 0 Å². The molecule has 5 nitrogen and oxygen atoms in total. The van der Waals surface area contributed by atoms with Crippen molar-refractivity contribution >= 4 is 57.1 Å². The summed E-state index contributed by atoms with van der Waals surface area (Å²) in [6, 6.07) is 4.57. The van der Waals surface area contributed by atoms with Crippen LogP contribution in [-0.4, -0.2) is 43.1 Å². The molecule has 0 aliphatic rings. The van der Waals surface area contributed by atoms with Gasteiger partial charge in [0.1, 0.15) is 13.2 Å². The summed E-state index contributed by atoms with van der Waals surface area (Å²) in [5.74, 6) is -4.00. The van der Waals surface area contributed by atoms with Crippen molar-refractivity contribution in [1.29, 1.82) is 0 Å². The predicted octanol–water partition coefficient (Wildman–Crippen LogP) is 2.82. The maximum atomic E-state index is 12.4. The van der Waals surface area contributed by atoms with Crippen molar-refractivity contribution < 1.29 is 50.5 Å². The lowest BCUT2D eigenvalue weighted by Gasteiger charge is -2.40. The summed E-state index contributed by atoms with van der Waals surface area (Å²) in [5, 5.41) is 11.0. The third kappa shape index (κ3) is 5.34. The van der Waals surface area contributed by atoms with E-state index in [1.165, 1.54) is 12.1 Å². The molecule has 1 aromatic rings. The predicted molar refractivity (Wildman–Crippen MR) is 88.0 cm³/mol. The molecule has 0 bridgehead atoms. The fourth-order valence-electron chi connectivity index (χ4n) is 1.52. The van der Waals surface area contributed by atoms with E-state index < -0.39 is 43.1 Å². The Labute approximate surface area is 169 Å². The molecule has 0 fully saturated rings. The van der Waals surface area contributed by atoms with Crippen LogP contribution >= 0.6 is 45.2 Å². The monoisotopic (exact) mass is 611 g/mol. The van der Waals surface area contributed by atoms with E-state index in [0.29, 0.717) is 7.14 Å². The van der Waals surface area contributed by atoms with E-state index in [1.54, 1.807) is 6.07 Å². The first-order chi connectivity index (χ1) is 11.7. The molecule has 1 rings (SSSR count). The van der Waals surface area contributed by atoms with E-state index in [0.717, 1.165) is 0 Å². The minimum Gasteiger partial charge on any atom is -0.828 e. The maximum Gasteiger partial charge on any atom is 0.399 e. The highest BCUT2D eigenvalue weighted by Crippen LogP contribution is 2.41. The van der Waals surface area contributed by atoms with Gasteiger partial charge in [-0.05, 0) is 63.4 Å². The van der Waals surface area contributed by atoms with E-state index in [4.69, 9.17) is 0 Å². The van der Waals surface area contributed by atoms with E-state index in [2.05, 4.69) is 9.47 Å². The Kier molecular flexibility index (Phi) is 7.54. The van der Waals surface area contributed by atoms with Crippen molar-refractivity contribution in [2.75, 3.05) is 13.2 Å². The lowest BCUT2D eigenvalue weighted by atomic mass is 10.0. The third-order valence-electron chi connectivity index (χ3n) is 2.73. The zero-order valence-electron chi connectivity index (χ0n) is 12.2. The smallest absolute Gasteiger partial charge is 0.399 e. The molecule has 1 aromatic carbocycles. The molecule has 0 heterocycles. The van der Waals surface area contributed by atoms with Crippen LogP contribution in [0, 0.1) is 7.14 Å². The quantitative estimate of drug-likeness (QED) is 0.222. The number of alkyl halides is 6. The van der Waals surface area contributed by atoms with Crippen LogP contribution in [-0.2, 0) is 14.3 Å². The van der Waals surface area contributed by atoms with Gasteiger partial charge >= 0.3 is 24.3 Å². The number of esters is 2. The minimum absolute atomic E-state index is 0.0800. The number of hydrogen-bond acceptors (Lipinski definition) is 5. The van der Waals surface area contributed by atoms with Crippen molar-refractivity contribution in [3.63, 3.8) is 0 Å². The van der Waals surface area contributed by atoms with Crippen LogP contribution in [0.3, 0.4) is 0 Å². The molecule has 0 atom stereocenters. The van der Waals surface area contributed by atoms with Gasteiger partial charge in [0, 0.05) is 7.14 Å². The second-order valence-corrected chi connectivity index (χ2v) is 7.10. The molecule has 0 radical (unpaired) electrons. The molecule has 0 saturated carbocycles. The Balaban J connectivity index is 2.67. The molecular formula is C13H7F6I2O5-. The number of hydrogen-bond donors (Lipinski definition) is 0. The van der Waals surface area contributed by atoms with Gasteiger partial charge in [0.15, 0.2) is 5.60 Å². The van der Waals surface area contributed by atoms with E-state index in [9.17, 15) is 41.0 Å². The standard InChI is InChI=1S/C13H7F6I2O5/c14-12(15,16)11(24,13(17,18)19)10(23)26-2-1-25-9(22)6-3-7(20)5-8(21)4-6/h3-5H,1-2H2/q-1. The van der Waals surface area contributed by atoms with E-state index >= 15 is 0 Å². The SMILES string of the molecule is O=C(OCCOC(=O)C([O-])(C(F)(F)F)C(F)(F)F)c1cc(I)cc(I)c1. The van der Waals surface area contributed by atoms with Gasteiger partial charge in [0.2, 0.25) is 0 Å². The third-order valence-corrected chi connectivity index (χ3v) is 3.98. The summed E-state index contributed by atoms with van der Waals surface area (Å²) in [5.41, 5.74) is -5.84. The number of ether oxygens (including phenoxy) is 2. The zero-order valence-corrected chi connectivity index (χ0v) is 16.5. The van der Waals surface area contributed by atoms with Gasteiger partial charge in [0.05, 0.1) is 5.56 Å². The highest BCUT2D eigenvalue weighted by molar-refractivity contribution is 14.1. The fourth-order valence-corrected chi connectivity index (χ4v) is 3.46. The molecule has 146 valence electrons. The summed E-state index contributed by atoms with van der Waals surface area (Å²) in [6.07, 6.45) is -12.9. The van der Waals surface area contributed by atoms with E-state index in [1.807, 2.05) is 45.2 Å². The molecule has 0 saturated heterocycles.